The number of primary amides is 1. The Bertz CT molecular complexity index is 584. The minimum Gasteiger partial charge on any atom is -0.368 e. The van der Waals surface area contributed by atoms with Gasteiger partial charge in [0.25, 0.3) is 5.91 Å². The minimum absolute atomic E-state index is 0.233. The molecule has 0 aliphatic carbocycles. The van der Waals surface area contributed by atoms with Gasteiger partial charge in [0, 0.05) is 0 Å². The summed E-state index contributed by atoms with van der Waals surface area (Å²) >= 11 is 0. The van der Waals surface area contributed by atoms with Crippen LogP contribution in [0.2, 0.25) is 0 Å². The molecule has 1 aromatic rings. The fraction of sp³-hybridized carbons (Fsp3) is 0.438. The van der Waals surface area contributed by atoms with Gasteiger partial charge in [-0.05, 0) is 31.9 Å². The highest BCUT2D eigenvalue weighted by Crippen LogP contribution is 2.22. The molecule has 1 saturated heterocycles. The predicted octanol–water partition coefficient (Wildman–Crippen LogP) is -0.628. The third-order valence-electron chi connectivity index (χ3n) is 3.98. The fourth-order valence-electron chi connectivity index (χ4n) is 2.62. The molecule has 2 rings (SSSR count). The van der Waals surface area contributed by atoms with Crippen LogP contribution >= 0.6 is 0 Å². The summed E-state index contributed by atoms with van der Waals surface area (Å²) in [4.78, 5) is 35.9. The summed E-state index contributed by atoms with van der Waals surface area (Å²) in [7, 11) is 0. The maximum atomic E-state index is 12.6. The highest BCUT2D eigenvalue weighted by molar-refractivity contribution is 5.95. The van der Waals surface area contributed by atoms with E-state index in [1.54, 1.807) is 31.2 Å². The van der Waals surface area contributed by atoms with Crippen LogP contribution in [0.5, 0.6) is 0 Å². The number of benzene rings is 1. The van der Waals surface area contributed by atoms with Crippen molar-refractivity contribution in [1.29, 1.82) is 0 Å². The van der Waals surface area contributed by atoms with E-state index in [1.165, 1.54) is 0 Å². The number of amides is 3. The lowest BCUT2D eigenvalue weighted by Crippen LogP contribution is -2.58. The summed E-state index contributed by atoms with van der Waals surface area (Å²) in [6, 6.07) is 8.61. The highest BCUT2D eigenvalue weighted by Gasteiger charge is 2.38. The molecular weight excluding hydrogens is 296 g/mol. The van der Waals surface area contributed by atoms with Crippen molar-refractivity contribution in [3.63, 3.8) is 0 Å². The third kappa shape index (κ3) is 4.07. The van der Waals surface area contributed by atoms with Gasteiger partial charge in [-0.2, -0.15) is 0 Å². The molecule has 1 aliphatic rings. The van der Waals surface area contributed by atoms with Gasteiger partial charge in [0.15, 0.2) is 0 Å². The zero-order valence-electron chi connectivity index (χ0n) is 13.1. The standard InChI is InChI=1S/C16H22N4O3/c1-16(11-6-3-2-4-7-11,15(23)19-10-13(17)21)20-14(22)12-8-5-9-18-12/h2-4,6-7,12,18H,5,8-10H2,1H3,(H2,17,21)(H,19,23)(H,20,22)/t12-,16-/m0/s1. The smallest absolute Gasteiger partial charge is 0.250 e. The second-order valence-electron chi connectivity index (χ2n) is 5.78. The van der Waals surface area contributed by atoms with Crippen LogP contribution in [0.3, 0.4) is 0 Å². The molecule has 1 aromatic carbocycles. The number of carbonyl (C=O) groups is 3. The van der Waals surface area contributed by atoms with Gasteiger partial charge >= 0.3 is 0 Å². The van der Waals surface area contributed by atoms with Gasteiger partial charge in [0.2, 0.25) is 11.8 Å². The van der Waals surface area contributed by atoms with Crippen molar-refractivity contribution in [2.24, 2.45) is 5.73 Å². The largest absolute Gasteiger partial charge is 0.368 e. The average molecular weight is 318 g/mol. The van der Waals surface area contributed by atoms with Crippen LogP contribution < -0.4 is 21.7 Å². The topological polar surface area (TPSA) is 113 Å². The van der Waals surface area contributed by atoms with E-state index in [0.29, 0.717) is 5.56 Å². The van der Waals surface area contributed by atoms with Gasteiger partial charge in [0.05, 0.1) is 12.6 Å². The van der Waals surface area contributed by atoms with Crippen LogP contribution in [0.15, 0.2) is 30.3 Å². The lowest BCUT2D eigenvalue weighted by Gasteiger charge is -2.31. The minimum atomic E-state index is -1.28. The Labute approximate surface area is 135 Å². The van der Waals surface area contributed by atoms with E-state index < -0.39 is 17.4 Å². The van der Waals surface area contributed by atoms with Crippen LogP contribution in [0.25, 0.3) is 0 Å². The Morgan fingerprint density at radius 1 is 1.30 bits per heavy atom. The molecule has 1 fully saturated rings. The molecule has 7 nitrogen and oxygen atoms in total. The van der Waals surface area contributed by atoms with Gasteiger partial charge in [-0.15, -0.1) is 0 Å². The Morgan fingerprint density at radius 3 is 2.57 bits per heavy atom. The van der Waals surface area contributed by atoms with Crippen molar-refractivity contribution >= 4 is 17.7 Å². The van der Waals surface area contributed by atoms with Gasteiger partial charge in [-0.25, -0.2) is 0 Å². The number of nitrogens with one attached hydrogen (secondary N) is 3. The van der Waals surface area contributed by atoms with Crippen molar-refractivity contribution in [3.05, 3.63) is 35.9 Å². The SMILES string of the molecule is C[C@@](NC(=O)[C@@H]1CCCN1)(C(=O)NCC(N)=O)c1ccccc1. The van der Waals surface area contributed by atoms with E-state index in [2.05, 4.69) is 16.0 Å². The van der Waals surface area contributed by atoms with Crippen LogP contribution in [-0.2, 0) is 19.9 Å². The first kappa shape index (κ1) is 17.0. The number of carbonyl (C=O) groups excluding carboxylic acids is 3. The number of rotatable bonds is 6. The Hall–Kier alpha value is -2.41. The van der Waals surface area contributed by atoms with Gasteiger partial charge in [-0.3, -0.25) is 14.4 Å². The number of hydrogen-bond donors (Lipinski definition) is 4. The van der Waals surface area contributed by atoms with E-state index in [0.717, 1.165) is 19.4 Å². The molecule has 0 bridgehead atoms. The third-order valence-corrected chi connectivity index (χ3v) is 3.98. The van der Waals surface area contributed by atoms with Gasteiger partial charge < -0.3 is 21.7 Å². The van der Waals surface area contributed by atoms with Gasteiger partial charge in [0.1, 0.15) is 5.54 Å². The monoisotopic (exact) mass is 318 g/mol. The molecular formula is C16H22N4O3. The van der Waals surface area contributed by atoms with E-state index >= 15 is 0 Å². The molecule has 7 heteroatoms. The molecule has 0 spiro atoms. The molecule has 23 heavy (non-hydrogen) atoms. The molecule has 2 atom stereocenters. The molecule has 5 N–H and O–H groups in total. The summed E-state index contributed by atoms with van der Waals surface area (Å²) in [5.41, 5.74) is 4.43. The van der Waals surface area contributed by atoms with Crippen molar-refractivity contribution in [1.82, 2.24) is 16.0 Å². The summed E-state index contributed by atoms with van der Waals surface area (Å²) in [5, 5.41) is 8.38. The molecule has 3 amide bonds. The second kappa shape index (κ2) is 7.23. The molecule has 0 unspecified atom stereocenters. The van der Waals surface area contributed by atoms with Crippen LogP contribution in [0, 0.1) is 0 Å². The molecule has 1 aliphatic heterocycles. The van der Waals surface area contributed by atoms with Crippen molar-refractivity contribution in [3.8, 4) is 0 Å². The summed E-state index contributed by atoms with van der Waals surface area (Å²) < 4.78 is 0. The Balaban J connectivity index is 2.21. The van der Waals surface area contributed by atoms with E-state index in [9.17, 15) is 14.4 Å². The van der Waals surface area contributed by atoms with E-state index in [1.807, 2.05) is 6.07 Å². The first-order chi connectivity index (χ1) is 10.9. The van der Waals surface area contributed by atoms with Crippen molar-refractivity contribution < 1.29 is 14.4 Å². The molecule has 0 saturated carbocycles. The van der Waals surface area contributed by atoms with Crippen molar-refractivity contribution in [2.45, 2.75) is 31.3 Å². The van der Waals surface area contributed by atoms with Crippen molar-refractivity contribution in [2.75, 3.05) is 13.1 Å². The quantitative estimate of drug-likeness (QED) is 0.559. The summed E-state index contributed by atoms with van der Waals surface area (Å²) in [6.45, 7) is 2.12. The summed E-state index contributed by atoms with van der Waals surface area (Å²) in [6.07, 6.45) is 1.66. The zero-order chi connectivity index (χ0) is 16.9. The van der Waals surface area contributed by atoms with E-state index in [-0.39, 0.29) is 18.5 Å². The predicted molar refractivity (Wildman–Crippen MR) is 85.2 cm³/mol. The molecule has 0 radical (unpaired) electrons. The number of nitrogens with two attached hydrogens (primary N) is 1. The molecule has 124 valence electrons. The van der Waals surface area contributed by atoms with Crippen LogP contribution in [0.4, 0.5) is 0 Å². The van der Waals surface area contributed by atoms with E-state index in [4.69, 9.17) is 5.73 Å². The van der Waals surface area contributed by atoms with Gasteiger partial charge in [-0.1, -0.05) is 30.3 Å². The van der Waals surface area contributed by atoms with Crippen LogP contribution in [-0.4, -0.2) is 36.9 Å². The maximum absolute atomic E-state index is 12.6. The van der Waals surface area contributed by atoms with Crippen LogP contribution in [0.1, 0.15) is 25.3 Å². The highest BCUT2D eigenvalue weighted by atomic mass is 16.2. The Kier molecular flexibility index (Phi) is 5.33. The first-order valence-electron chi connectivity index (χ1n) is 7.61. The first-order valence-corrected chi connectivity index (χ1v) is 7.61. The number of hydrogen-bond acceptors (Lipinski definition) is 4. The lowest BCUT2D eigenvalue weighted by atomic mass is 9.90. The molecule has 1 heterocycles. The normalized spacial score (nSPS) is 19.6. The molecule has 0 aromatic heterocycles. The Morgan fingerprint density at radius 2 is 2.00 bits per heavy atom. The fourth-order valence-corrected chi connectivity index (χ4v) is 2.62. The second-order valence-corrected chi connectivity index (χ2v) is 5.78. The zero-order valence-corrected chi connectivity index (χ0v) is 13.1. The lowest BCUT2D eigenvalue weighted by molar-refractivity contribution is -0.134. The average Bonchev–Trinajstić information content (AvgIpc) is 3.07. The maximum Gasteiger partial charge on any atom is 0.250 e. The summed E-state index contributed by atoms with van der Waals surface area (Å²) in [5.74, 6) is -1.35.